The SMILES string of the molecule is CCC(=O)O[C@@H]1[C@@](F)(COP(=O)(NC(C)C(=O)OC(C)C)Oc2cccc3ccccc23)OC(n2ccc(=O)[nH]c2=O)[C@]1(C)F. The second-order valence-corrected chi connectivity index (χ2v) is 12.5. The molecular formula is C29H34F2N3O10P. The molecule has 13 nitrogen and oxygen atoms in total. The molecule has 2 aromatic carbocycles. The van der Waals surface area contributed by atoms with Crippen LogP contribution in [-0.2, 0) is 32.9 Å². The van der Waals surface area contributed by atoms with Gasteiger partial charge in [-0.1, -0.05) is 43.3 Å². The molecule has 2 heterocycles. The maximum absolute atomic E-state index is 16.8. The van der Waals surface area contributed by atoms with Crippen LogP contribution in [0, 0.1) is 0 Å². The maximum Gasteiger partial charge on any atom is 0.459 e. The number of halogens is 2. The van der Waals surface area contributed by atoms with Gasteiger partial charge in [0.1, 0.15) is 18.4 Å². The lowest BCUT2D eigenvalue weighted by Crippen LogP contribution is -2.50. The van der Waals surface area contributed by atoms with Gasteiger partial charge in [0.25, 0.3) is 11.4 Å². The zero-order valence-electron chi connectivity index (χ0n) is 25.2. The Morgan fingerprint density at radius 1 is 1.11 bits per heavy atom. The molecule has 1 saturated heterocycles. The van der Waals surface area contributed by atoms with Gasteiger partial charge in [0, 0.05) is 24.1 Å². The van der Waals surface area contributed by atoms with E-state index in [1.165, 1.54) is 19.9 Å². The van der Waals surface area contributed by atoms with Crippen LogP contribution in [0.15, 0.2) is 64.3 Å². The van der Waals surface area contributed by atoms with Crippen LogP contribution >= 0.6 is 7.75 Å². The summed E-state index contributed by atoms with van der Waals surface area (Å²) in [6.07, 6.45) is -4.34. The molecule has 45 heavy (non-hydrogen) atoms. The zero-order valence-corrected chi connectivity index (χ0v) is 26.0. The third-order valence-electron chi connectivity index (χ3n) is 6.79. The second-order valence-electron chi connectivity index (χ2n) is 10.8. The van der Waals surface area contributed by atoms with Gasteiger partial charge < -0.3 is 18.7 Å². The Kier molecular flexibility index (Phi) is 9.98. The van der Waals surface area contributed by atoms with E-state index in [0.717, 1.165) is 19.2 Å². The molecule has 3 unspecified atom stereocenters. The molecule has 2 N–H and O–H groups in total. The average Bonchev–Trinajstić information content (AvgIpc) is 3.16. The lowest BCUT2D eigenvalue weighted by atomic mass is 9.97. The van der Waals surface area contributed by atoms with Crippen molar-refractivity contribution in [2.45, 2.75) is 77.0 Å². The Balaban J connectivity index is 1.72. The van der Waals surface area contributed by atoms with Gasteiger partial charge >= 0.3 is 25.4 Å². The molecular weight excluding hydrogens is 619 g/mol. The number of hydrogen-bond donors (Lipinski definition) is 2. The molecule has 16 heteroatoms. The standard InChI is InChI=1S/C29H34F2N3O10P/c1-6-23(36)42-25-28(5,30)26(34-15-14-22(35)32-27(34)38)43-29(25,31)16-40-45(39,33-18(4)24(37)41-17(2)3)44-21-13-9-11-19-10-7-8-12-20(19)21/h7-15,17-18,25-26H,6,16H2,1-5H3,(H,33,39)(H,32,35,38)/t18?,25-,26?,28+,29+,45?/m0/s1. The number of rotatable bonds is 12. The van der Waals surface area contributed by atoms with E-state index in [-0.39, 0.29) is 12.2 Å². The van der Waals surface area contributed by atoms with Gasteiger partial charge in [-0.2, -0.15) is 5.09 Å². The lowest BCUT2D eigenvalue weighted by molar-refractivity contribution is -0.214. The highest BCUT2D eigenvalue weighted by Gasteiger charge is 2.68. The fourth-order valence-electron chi connectivity index (χ4n) is 4.67. The van der Waals surface area contributed by atoms with Gasteiger partial charge in [0.05, 0.1) is 6.10 Å². The van der Waals surface area contributed by atoms with Crippen LogP contribution in [0.4, 0.5) is 8.78 Å². The number of alkyl halides is 2. The van der Waals surface area contributed by atoms with E-state index in [0.29, 0.717) is 15.3 Å². The minimum Gasteiger partial charge on any atom is -0.462 e. The van der Waals surface area contributed by atoms with Crippen LogP contribution in [0.25, 0.3) is 10.8 Å². The number of esters is 2. The monoisotopic (exact) mass is 653 g/mol. The lowest BCUT2D eigenvalue weighted by Gasteiger charge is -2.30. The first-order valence-electron chi connectivity index (χ1n) is 14.1. The van der Waals surface area contributed by atoms with Crippen LogP contribution in [0.2, 0.25) is 0 Å². The number of aromatic nitrogens is 2. The number of aromatic amines is 1. The molecule has 1 aromatic heterocycles. The largest absolute Gasteiger partial charge is 0.462 e. The number of ether oxygens (including phenoxy) is 3. The normalized spacial score (nSPS) is 25.1. The Morgan fingerprint density at radius 3 is 2.47 bits per heavy atom. The maximum atomic E-state index is 16.8. The highest BCUT2D eigenvalue weighted by molar-refractivity contribution is 7.52. The number of benzene rings is 2. The third-order valence-corrected chi connectivity index (χ3v) is 8.40. The highest BCUT2D eigenvalue weighted by atomic mass is 31.2. The van der Waals surface area contributed by atoms with Crippen LogP contribution < -0.4 is 20.9 Å². The van der Waals surface area contributed by atoms with Gasteiger partial charge in [-0.25, -0.2) is 18.1 Å². The van der Waals surface area contributed by atoms with Gasteiger partial charge in [0.2, 0.25) is 6.10 Å². The Hall–Kier alpha value is -3.91. The van der Waals surface area contributed by atoms with Crippen molar-refractivity contribution in [2.75, 3.05) is 6.61 Å². The number of nitrogens with one attached hydrogen (secondary N) is 2. The van der Waals surface area contributed by atoms with Gasteiger partial charge in [-0.05, 0) is 39.1 Å². The second kappa shape index (κ2) is 13.2. The van der Waals surface area contributed by atoms with Crippen LogP contribution in [0.5, 0.6) is 5.75 Å². The number of carbonyl (C=O) groups is 2. The first-order valence-corrected chi connectivity index (χ1v) is 15.6. The van der Waals surface area contributed by atoms with E-state index in [9.17, 15) is 23.7 Å². The molecule has 244 valence electrons. The van der Waals surface area contributed by atoms with Crippen molar-refractivity contribution in [3.05, 3.63) is 75.6 Å². The molecule has 0 spiro atoms. The fourth-order valence-corrected chi connectivity index (χ4v) is 6.20. The summed E-state index contributed by atoms with van der Waals surface area (Å²) in [4.78, 5) is 50.8. The minimum atomic E-state index is -4.76. The molecule has 0 radical (unpaired) electrons. The van der Waals surface area contributed by atoms with Crippen molar-refractivity contribution in [2.24, 2.45) is 0 Å². The third kappa shape index (κ3) is 7.50. The zero-order chi connectivity index (χ0) is 33.2. The van der Waals surface area contributed by atoms with Crippen molar-refractivity contribution in [1.82, 2.24) is 14.6 Å². The van der Waals surface area contributed by atoms with Crippen molar-refractivity contribution in [3.63, 3.8) is 0 Å². The first-order chi connectivity index (χ1) is 21.1. The number of fused-ring (bicyclic) bond motifs is 1. The molecule has 0 amide bonds. The van der Waals surface area contributed by atoms with Crippen molar-refractivity contribution in [1.29, 1.82) is 0 Å². The first kappa shape index (κ1) is 34.0. The van der Waals surface area contributed by atoms with E-state index in [1.807, 2.05) is 4.98 Å². The quantitative estimate of drug-likeness (QED) is 0.214. The Morgan fingerprint density at radius 2 is 1.80 bits per heavy atom. The molecule has 1 aliphatic heterocycles. The number of nitrogens with zero attached hydrogens (tertiary/aromatic N) is 1. The molecule has 3 aromatic rings. The molecule has 6 atom stereocenters. The topological polar surface area (TPSA) is 164 Å². The molecule has 4 rings (SSSR count). The summed E-state index contributed by atoms with van der Waals surface area (Å²) in [6, 6.07) is 11.3. The highest BCUT2D eigenvalue weighted by Crippen LogP contribution is 2.53. The van der Waals surface area contributed by atoms with Crippen molar-refractivity contribution in [3.8, 4) is 5.75 Å². The van der Waals surface area contributed by atoms with Gasteiger partial charge in [-0.15, -0.1) is 0 Å². The number of carbonyl (C=O) groups excluding carboxylic acids is 2. The predicted molar refractivity (Wildman–Crippen MR) is 157 cm³/mol. The summed E-state index contributed by atoms with van der Waals surface area (Å²) in [7, 11) is -4.76. The molecule has 0 aliphatic carbocycles. The van der Waals surface area contributed by atoms with E-state index < -0.39 is 73.5 Å². The van der Waals surface area contributed by atoms with E-state index in [1.54, 1.807) is 50.2 Å². The summed E-state index contributed by atoms with van der Waals surface area (Å²) in [5, 5.41) is 3.61. The van der Waals surface area contributed by atoms with Crippen molar-refractivity contribution < 1.29 is 46.2 Å². The van der Waals surface area contributed by atoms with Gasteiger partial charge in [0.15, 0.2) is 11.9 Å². The Bertz CT molecular complexity index is 1720. The predicted octanol–water partition coefficient (Wildman–Crippen LogP) is 4.07. The Labute approximate surface area is 256 Å². The summed E-state index contributed by atoms with van der Waals surface area (Å²) >= 11 is 0. The van der Waals surface area contributed by atoms with Crippen molar-refractivity contribution >= 4 is 30.5 Å². The number of H-pyrrole nitrogens is 1. The summed E-state index contributed by atoms with van der Waals surface area (Å²) in [6.45, 7) is 5.37. The van der Waals surface area contributed by atoms with E-state index in [2.05, 4.69) is 5.09 Å². The fraction of sp³-hybridized carbons (Fsp3) is 0.448. The van der Waals surface area contributed by atoms with E-state index >= 15 is 8.78 Å². The molecule has 0 saturated carbocycles. The summed E-state index contributed by atoms with van der Waals surface area (Å²) in [5.74, 6) is -5.17. The van der Waals surface area contributed by atoms with E-state index in [4.69, 9.17) is 23.3 Å². The minimum absolute atomic E-state index is 0.0376. The van der Waals surface area contributed by atoms with Gasteiger partial charge in [-0.3, -0.25) is 28.5 Å². The molecule has 1 aliphatic rings. The van der Waals surface area contributed by atoms with Crippen LogP contribution in [-0.4, -0.2) is 57.9 Å². The summed E-state index contributed by atoms with van der Waals surface area (Å²) < 4.78 is 74.8. The van der Waals surface area contributed by atoms with Crippen LogP contribution in [0.3, 0.4) is 0 Å². The summed E-state index contributed by atoms with van der Waals surface area (Å²) in [5.41, 5.74) is -4.86. The molecule has 1 fully saturated rings. The number of hydrogen-bond acceptors (Lipinski definition) is 10. The molecule has 0 bridgehead atoms. The smallest absolute Gasteiger partial charge is 0.459 e. The average molecular weight is 654 g/mol. The van der Waals surface area contributed by atoms with Crippen LogP contribution in [0.1, 0.15) is 47.3 Å².